The van der Waals surface area contributed by atoms with Gasteiger partial charge in [-0.3, -0.25) is 0 Å². The standard InChI is InChI=1S/C74H60N2O2/c1-43(2)45-23-29-51(30-24-45)75(65-21-13-17-57-55-15-9-11-19-63(55)73(5,6)71(57)65)53-33-27-47-37-59-61-41-62-60-38-48-28-34-54(36-50(48)40-68(60)78-70(62)42-69(61)77-67(59)39-49(47)35-53)76(52-31-25-46(26-32-52)44(3)4)66-22-14-18-58-56-16-10-12-20-64(56)74(7,8)72(58)66/h9-44H,1-8H3. The highest BCUT2D eigenvalue weighted by Crippen LogP contribution is 2.56. The molecule has 0 saturated heterocycles. The second-order valence-corrected chi connectivity index (χ2v) is 23.7. The molecule has 0 spiro atoms. The van der Waals surface area contributed by atoms with Crippen molar-refractivity contribution in [1.82, 2.24) is 0 Å². The lowest BCUT2D eigenvalue weighted by molar-refractivity contribution is 0.656. The quantitative estimate of drug-likeness (QED) is 0.152. The summed E-state index contributed by atoms with van der Waals surface area (Å²) >= 11 is 0. The van der Waals surface area contributed by atoms with Crippen LogP contribution >= 0.6 is 0 Å². The molecule has 0 N–H and O–H groups in total. The van der Waals surface area contributed by atoms with Crippen LogP contribution in [0.15, 0.2) is 215 Å². The lowest BCUT2D eigenvalue weighted by atomic mass is 9.81. The van der Waals surface area contributed by atoms with Gasteiger partial charge >= 0.3 is 0 Å². The van der Waals surface area contributed by atoms with E-state index in [1.807, 2.05) is 0 Å². The molecule has 13 aromatic rings. The van der Waals surface area contributed by atoms with E-state index in [1.165, 1.54) is 67.0 Å². The fourth-order valence-electron chi connectivity index (χ4n) is 13.7. The van der Waals surface area contributed by atoms with Crippen molar-refractivity contribution >= 4 is 99.5 Å². The van der Waals surface area contributed by atoms with E-state index in [0.29, 0.717) is 11.8 Å². The van der Waals surface area contributed by atoms with Crippen LogP contribution in [0.2, 0.25) is 0 Å². The fourth-order valence-corrected chi connectivity index (χ4v) is 13.7. The number of anilines is 6. The second kappa shape index (κ2) is 16.8. The first-order valence-corrected chi connectivity index (χ1v) is 27.8. The van der Waals surface area contributed by atoms with Crippen molar-refractivity contribution in [3.8, 4) is 22.3 Å². The maximum Gasteiger partial charge on any atom is 0.139 e. The van der Waals surface area contributed by atoms with Crippen LogP contribution in [0, 0.1) is 0 Å². The Bertz CT molecular complexity index is 4330. The van der Waals surface area contributed by atoms with Crippen molar-refractivity contribution < 1.29 is 8.83 Å². The van der Waals surface area contributed by atoms with Crippen LogP contribution in [0.5, 0.6) is 0 Å². The number of rotatable bonds is 8. The van der Waals surface area contributed by atoms with Crippen LogP contribution < -0.4 is 9.80 Å². The highest BCUT2D eigenvalue weighted by Gasteiger charge is 2.40. The van der Waals surface area contributed by atoms with E-state index in [9.17, 15) is 0 Å². The first-order chi connectivity index (χ1) is 37.8. The Kier molecular flexibility index (Phi) is 10.0. The van der Waals surface area contributed by atoms with Gasteiger partial charge in [-0.2, -0.15) is 0 Å². The molecule has 0 saturated carbocycles. The number of hydrogen-bond acceptors (Lipinski definition) is 4. The lowest BCUT2D eigenvalue weighted by Gasteiger charge is -2.32. The zero-order valence-electron chi connectivity index (χ0n) is 45.5. The minimum Gasteiger partial charge on any atom is -0.456 e. The summed E-state index contributed by atoms with van der Waals surface area (Å²) in [5.41, 5.74) is 23.1. The molecule has 378 valence electrons. The third kappa shape index (κ3) is 6.85. The summed E-state index contributed by atoms with van der Waals surface area (Å²) in [6.07, 6.45) is 0. The number of hydrogen-bond donors (Lipinski definition) is 0. The van der Waals surface area contributed by atoms with Gasteiger partial charge in [-0.25, -0.2) is 0 Å². The van der Waals surface area contributed by atoms with Crippen molar-refractivity contribution in [3.63, 3.8) is 0 Å². The largest absolute Gasteiger partial charge is 0.456 e. The smallest absolute Gasteiger partial charge is 0.139 e. The predicted octanol–water partition coefficient (Wildman–Crippen LogP) is 21.6. The topological polar surface area (TPSA) is 32.8 Å². The normalized spacial score (nSPS) is 14.1. The van der Waals surface area contributed by atoms with Gasteiger partial charge in [-0.1, -0.05) is 165 Å². The molecule has 4 heteroatoms. The average molecular weight is 1010 g/mol. The summed E-state index contributed by atoms with van der Waals surface area (Å²) < 4.78 is 13.6. The van der Waals surface area contributed by atoms with Gasteiger partial charge in [0.2, 0.25) is 0 Å². The molecule has 4 nitrogen and oxygen atoms in total. The number of nitrogens with zero attached hydrogens (tertiary/aromatic N) is 2. The molecular formula is C74H60N2O2. The molecule has 78 heavy (non-hydrogen) atoms. The van der Waals surface area contributed by atoms with Crippen LogP contribution in [-0.4, -0.2) is 0 Å². The van der Waals surface area contributed by atoms with Gasteiger partial charge in [0.25, 0.3) is 0 Å². The van der Waals surface area contributed by atoms with Crippen molar-refractivity contribution in [1.29, 1.82) is 0 Å². The Morgan fingerprint density at radius 3 is 1.12 bits per heavy atom. The molecule has 0 unspecified atom stereocenters. The summed E-state index contributed by atoms with van der Waals surface area (Å²) in [5.74, 6) is 0.880. The molecule has 0 radical (unpaired) electrons. The molecule has 0 bridgehead atoms. The second-order valence-electron chi connectivity index (χ2n) is 23.7. The Morgan fingerprint density at radius 1 is 0.321 bits per heavy atom. The number of furan rings is 2. The minimum absolute atomic E-state index is 0.186. The van der Waals surface area contributed by atoms with Crippen molar-refractivity contribution in [2.24, 2.45) is 0 Å². The van der Waals surface area contributed by atoms with Crippen LogP contribution in [0.25, 0.3) is 87.7 Å². The lowest BCUT2D eigenvalue weighted by Crippen LogP contribution is -2.20. The Hall–Kier alpha value is -8.86. The van der Waals surface area contributed by atoms with Gasteiger partial charge in [0.05, 0.1) is 11.4 Å². The molecule has 15 rings (SSSR count). The maximum atomic E-state index is 6.81. The van der Waals surface area contributed by atoms with E-state index in [1.54, 1.807) is 0 Å². The van der Waals surface area contributed by atoms with E-state index in [-0.39, 0.29) is 10.8 Å². The van der Waals surface area contributed by atoms with E-state index in [0.717, 1.165) is 88.2 Å². The average Bonchev–Trinajstić information content (AvgIpc) is 4.20. The molecule has 0 atom stereocenters. The molecule has 2 heterocycles. The van der Waals surface area contributed by atoms with Gasteiger partial charge in [0.15, 0.2) is 0 Å². The highest BCUT2D eigenvalue weighted by atomic mass is 16.3. The monoisotopic (exact) mass is 1010 g/mol. The van der Waals surface area contributed by atoms with Crippen molar-refractivity contribution in [2.75, 3.05) is 9.80 Å². The van der Waals surface area contributed by atoms with Crippen molar-refractivity contribution in [2.45, 2.75) is 78.1 Å². The first kappa shape index (κ1) is 46.4. The van der Waals surface area contributed by atoms with E-state index < -0.39 is 0 Å². The maximum absolute atomic E-state index is 6.81. The molecule has 0 amide bonds. The van der Waals surface area contributed by atoms with Gasteiger partial charge in [0, 0.05) is 61.2 Å². The van der Waals surface area contributed by atoms with Crippen LogP contribution in [0.4, 0.5) is 34.1 Å². The molecule has 2 aliphatic rings. The van der Waals surface area contributed by atoms with Crippen LogP contribution in [0.3, 0.4) is 0 Å². The third-order valence-electron chi connectivity index (χ3n) is 17.7. The molecule has 2 aromatic heterocycles. The van der Waals surface area contributed by atoms with E-state index >= 15 is 0 Å². The molecule has 0 fully saturated rings. The number of fused-ring (bicyclic) bond motifs is 14. The molecular weight excluding hydrogens is 949 g/mol. The zero-order valence-corrected chi connectivity index (χ0v) is 45.5. The van der Waals surface area contributed by atoms with Gasteiger partial charge < -0.3 is 18.6 Å². The SMILES string of the molecule is CC(C)c1ccc(N(c2ccc3cc4c(cc3c2)oc2cc3oc5cc6cc(N(c7ccc(C(C)C)cc7)c7cccc8c7C(C)(C)c7ccccc7-8)ccc6cc5c3cc24)c2cccc3c2C(C)(C)c2ccccc2-3)cc1. The summed E-state index contributed by atoms with van der Waals surface area (Å²) in [4.78, 5) is 4.91. The number of benzene rings is 11. The van der Waals surface area contributed by atoms with Crippen LogP contribution in [-0.2, 0) is 10.8 Å². The summed E-state index contributed by atoms with van der Waals surface area (Å²) in [6, 6.07) is 76.9. The fraction of sp³-hybridized carbons (Fsp3) is 0.162. The Labute approximate surface area is 455 Å². The summed E-state index contributed by atoms with van der Waals surface area (Å²) in [6.45, 7) is 18.5. The Balaban J connectivity index is 0.829. The van der Waals surface area contributed by atoms with Gasteiger partial charge in [-0.15, -0.1) is 0 Å². The zero-order chi connectivity index (χ0) is 52.9. The van der Waals surface area contributed by atoms with Gasteiger partial charge in [0.1, 0.15) is 22.3 Å². The van der Waals surface area contributed by atoms with Crippen LogP contribution in [0.1, 0.15) is 101 Å². The van der Waals surface area contributed by atoms with E-state index in [4.69, 9.17) is 8.83 Å². The summed E-state index contributed by atoms with van der Waals surface area (Å²) in [5, 5.41) is 8.90. The minimum atomic E-state index is -0.186. The Morgan fingerprint density at radius 2 is 0.692 bits per heavy atom. The van der Waals surface area contributed by atoms with Gasteiger partial charge in [-0.05, 0) is 180 Å². The van der Waals surface area contributed by atoms with E-state index in [2.05, 4.69) is 271 Å². The third-order valence-corrected chi connectivity index (χ3v) is 17.7. The van der Waals surface area contributed by atoms with Crippen molar-refractivity contribution in [3.05, 3.63) is 240 Å². The molecule has 11 aromatic carbocycles. The highest BCUT2D eigenvalue weighted by molar-refractivity contribution is 6.18. The molecule has 2 aliphatic carbocycles. The first-order valence-electron chi connectivity index (χ1n) is 27.8. The summed E-state index contributed by atoms with van der Waals surface area (Å²) in [7, 11) is 0. The predicted molar refractivity (Wildman–Crippen MR) is 329 cm³/mol. The molecule has 0 aliphatic heterocycles.